The van der Waals surface area contributed by atoms with Crippen LogP contribution in [0.25, 0.3) is 0 Å². The van der Waals surface area contributed by atoms with Crippen LogP contribution in [0.3, 0.4) is 0 Å². The van der Waals surface area contributed by atoms with Crippen molar-refractivity contribution in [2.45, 2.75) is 37.8 Å². The van der Waals surface area contributed by atoms with Crippen LogP contribution in [0.2, 0.25) is 5.02 Å². The molecule has 0 heterocycles. The molecule has 0 aliphatic carbocycles. The molecule has 170 valence electrons. The van der Waals surface area contributed by atoms with Crippen molar-refractivity contribution in [1.82, 2.24) is 5.32 Å². The van der Waals surface area contributed by atoms with Crippen LogP contribution in [0.15, 0.2) is 47.4 Å². The minimum atomic E-state index is -1.21. The third kappa shape index (κ3) is 7.24. The van der Waals surface area contributed by atoms with Crippen molar-refractivity contribution < 1.29 is 24.0 Å². The lowest BCUT2D eigenvalue weighted by Crippen LogP contribution is -2.31. The van der Waals surface area contributed by atoms with Gasteiger partial charge < -0.3 is 15.4 Å². The maximum Gasteiger partial charge on any atom is 0.340 e. The third-order valence-corrected chi connectivity index (χ3v) is 5.39. The van der Waals surface area contributed by atoms with Gasteiger partial charge in [0.2, 0.25) is 5.91 Å². The van der Waals surface area contributed by atoms with Gasteiger partial charge in [-0.3, -0.25) is 19.7 Å². The summed E-state index contributed by atoms with van der Waals surface area (Å²) >= 11 is 7.16. The first-order valence-corrected chi connectivity index (χ1v) is 10.9. The van der Waals surface area contributed by atoms with Gasteiger partial charge in [0.15, 0.2) is 6.10 Å². The number of benzene rings is 2. The number of carbonyl (C=O) groups excluding carboxylic acids is 3. The van der Waals surface area contributed by atoms with Crippen molar-refractivity contribution >= 4 is 52.5 Å². The molecule has 0 bridgehead atoms. The van der Waals surface area contributed by atoms with Crippen molar-refractivity contribution in [3.8, 4) is 0 Å². The molecule has 0 saturated carbocycles. The number of hydrogen-bond donors (Lipinski definition) is 2. The summed E-state index contributed by atoms with van der Waals surface area (Å²) in [6.07, 6.45) is -1.21. The first kappa shape index (κ1) is 25.2. The highest BCUT2D eigenvalue weighted by Gasteiger charge is 2.22. The van der Waals surface area contributed by atoms with Gasteiger partial charge in [-0.25, -0.2) is 4.79 Å². The molecule has 0 fully saturated rings. The largest absolute Gasteiger partial charge is 0.449 e. The number of non-ortho nitro benzene ring substituents is 1. The molecule has 2 aromatic rings. The number of ether oxygens (including phenoxy) is 1. The van der Waals surface area contributed by atoms with E-state index < -0.39 is 22.9 Å². The molecule has 2 N–H and O–H groups in total. The van der Waals surface area contributed by atoms with Gasteiger partial charge in [-0.05, 0) is 39.0 Å². The number of amides is 2. The lowest BCUT2D eigenvalue weighted by Gasteiger charge is -2.15. The van der Waals surface area contributed by atoms with Gasteiger partial charge in [-0.1, -0.05) is 23.7 Å². The van der Waals surface area contributed by atoms with Crippen LogP contribution in [-0.4, -0.2) is 40.6 Å². The van der Waals surface area contributed by atoms with Gasteiger partial charge >= 0.3 is 5.97 Å². The Morgan fingerprint density at radius 2 is 1.84 bits per heavy atom. The second-order valence-corrected chi connectivity index (χ2v) is 8.39. The number of thioether (sulfide) groups is 1. The van der Waals surface area contributed by atoms with Gasteiger partial charge in [-0.15, -0.1) is 11.8 Å². The molecule has 2 rings (SSSR count). The highest BCUT2D eigenvalue weighted by molar-refractivity contribution is 8.00. The van der Waals surface area contributed by atoms with E-state index >= 15 is 0 Å². The van der Waals surface area contributed by atoms with Crippen molar-refractivity contribution in [1.29, 1.82) is 0 Å². The molecule has 0 saturated heterocycles. The SMILES string of the molecule is CC(C)NC(=O)CSc1ccccc1C(=O)OC(C)C(=O)Nc1cc([N+](=O)[O-])ccc1Cl. The summed E-state index contributed by atoms with van der Waals surface area (Å²) in [6.45, 7) is 5.06. The fraction of sp³-hybridized carbons (Fsp3) is 0.286. The first-order chi connectivity index (χ1) is 15.1. The Morgan fingerprint density at radius 1 is 1.16 bits per heavy atom. The van der Waals surface area contributed by atoms with Crippen molar-refractivity contribution in [2.24, 2.45) is 0 Å². The minimum Gasteiger partial charge on any atom is -0.449 e. The predicted octanol–water partition coefficient (Wildman–Crippen LogP) is 4.05. The minimum absolute atomic E-state index is 0.00206. The molecule has 0 radical (unpaired) electrons. The van der Waals surface area contributed by atoms with Crippen molar-refractivity contribution in [3.63, 3.8) is 0 Å². The fourth-order valence-electron chi connectivity index (χ4n) is 2.50. The summed E-state index contributed by atoms with van der Waals surface area (Å²) in [5.41, 5.74) is -0.00873. The Hall–Kier alpha value is -3.11. The summed E-state index contributed by atoms with van der Waals surface area (Å²) in [6, 6.07) is 10.2. The molecule has 0 spiro atoms. The van der Waals surface area contributed by atoms with E-state index in [4.69, 9.17) is 16.3 Å². The maximum absolute atomic E-state index is 12.6. The molecule has 1 atom stereocenters. The van der Waals surface area contributed by atoms with E-state index in [0.717, 1.165) is 6.07 Å². The van der Waals surface area contributed by atoms with E-state index in [9.17, 15) is 24.5 Å². The van der Waals surface area contributed by atoms with Crippen LogP contribution >= 0.6 is 23.4 Å². The number of esters is 1. The normalized spacial score (nSPS) is 11.5. The van der Waals surface area contributed by atoms with Gasteiger partial charge in [0.25, 0.3) is 11.6 Å². The predicted molar refractivity (Wildman–Crippen MR) is 122 cm³/mol. The number of nitrogens with one attached hydrogen (secondary N) is 2. The maximum atomic E-state index is 12.6. The lowest BCUT2D eigenvalue weighted by molar-refractivity contribution is -0.384. The summed E-state index contributed by atoms with van der Waals surface area (Å²) in [4.78, 5) is 47.8. The topological polar surface area (TPSA) is 128 Å². The Balaban J connectivity index is 2.05. The van der Waals surface area contributed by atoms with Gasteiger partial charge in [-0.2, -0.15) is 0 Å². The number of rotatable bonds is 9. The van der Waals surface area contributed by atoms with Crippen LogP contribution in [0.4, 0.5) is 11.4 Å². The van der Waals surface area contributed by atoms with Crippen LogP contribution in [0.1, 0.15) is 31.1 Å². The molecule has 9 nitrogen and oxygen atoms in total. The molecule has 2 amide bonds. The van der Waals surface area contributed by atoms with Crippen LogP contribution < -0.4 is 10.6 Å². The number of nitro benzene ring substituents is 1. The number of nitro groups is 1. The zero-order chi connectivity index (χ0) is 23.8. The summed E-state index contributed by atoms with van der Waals surface area (Å²) in [5.74, 6) is -1.51. The van der Waals surface area contributed by atoms with E-state index in [1.54, 1.807) is 18.2 Å². The first-order valence-electron chi connectivity index (χ1n) is 9.55. The highest BCUT2D eigenvalue weighted by atomic mass is 35.5. The Labute approximate surface area is 194 Å². The molecular formula is C21H22ClN3O6S. The van der Waals surface area contributed by atoms with Gasteiger partial charge in [0.05, 0.1) is 26.9 Å². The molecular weight excluding hydrogens is 458 g/mol. The molecule has 32 heavy (non-hydrogen) atoms. The number of hydrogen-bond acceptors (Lipinski definition) is 7. The summed E-state index contributed by atoms with van der Waals surface area (Å²) < 4.78 is 5.26. The lowest BCUT2D eigenvalue weighted by atomic mass is 10.2. The van der Waals surface area contributed by atoms with E-state index in [-0.39, 0.29) is 39.7 Å². The average molecular weight is 480 g/mol. The molecule has 0 aliphatic rings. The molecule has 0 aliphatic heterocycles. The fourth-order valence-corrected chi connectivity index (χ4v) is 3.52. The summed E-state index contributed by atoms with van der Waals surface area (Å²) in [5, 5.41) is 16.2. The molecule has 0 aromatic heterocycles. The quantitative estimate of drug-likeness (QED) is 0.240. The molecule has 11 heteroatoms. The highest BCUT2D eigenvalue weighted by Crippen LogP contribution is 2.27. The van der Waals surface area contributed by atoms with Crippen LogP contribution in [-0.2, 0) is 14.3 Å². The Kier molecular flexibility index (Phi) is 9.03. The number of nitrogens with zero attached hydrogens (tertiary/aromatic N) is 1. The van der Waals surface area contributed by atoms with E-state index in [1.807, 2.05) is 13.8 Å². The van der Waals surface area contributed by atoms with Crippen LogP contribution in [0.5, 0.6) is 0 Å². The molecule has 1 unspecified atom stereocenters. The number of halogens is 1. The monoisotopic (exact) mass is 479 g/mol. The Morgan fingerprint density at radius 3 is 2.50 bits per heavy atom. The summed E-state index contributed by atoms with van der Waals surface area (Å²) in [7, 11) is 0. The third-order valence-electron chi connectivity index (χ3n) is 3.99. The smallest absolute Gasteiger partial charge is 0.340 e. The van der Waals surface area contributed by atoms with Gasteiger partial charge in [0.1, 0.15) is 0 Å². The number of anilines is 1. The van der Waals surface area contributed by atoms with E-state index in [1.165, 1.54) is 36.9 Å². The number of carbonyl (C=O) groups is 3. The Bertz CT molecular complexity index is 1030. The second kappa shape index (κ2) is 11.5. The van der Waals surface area contributed by atoms with Crippen molar-refractivity contribution in [3.05, 3.63) is 63.2 Å². The van der Waals surface area contributed by atoms with Crippen LogP contribution in [0, 0.1) is 10.1 Å². The van der Waals surface area contributed by atoms with Gasteiger partial charge in [0, 0.05) is 23.1 Å². The van der Waals surface area contributed by atoms with E-state index in [0.29, 0.717) is 4.90 Å². The standard InChI is InChI=1S/C21H22ClN3O6S/c1-12(2)23-19(26)11-32-18-7-5-4-6-15(18)21(28)31-13(3)20(27)24-17-10-14(25(29)30)8-9-16(17)22/h4-10,12-13H,11H2,1-3H3,(H,23,26)(H,24,27). The average Bonchev–Trinajstić information content (AvgIpc) is 2.73. The van der Waals surface area contributed by atoms with E-state index in [2.05, 4.69) is 10.6 Å². The zero-order valence-electron chi connectivity index (χ0n) is 17.6. The zero-order valence-corrected chi connectivity index (χ0v) is 19.2. The second-order valence-electron chi connectivity index (χ2n) is 6.97. The molecule has 2 aromatic carbocycles. The van der Waals surface area contributed by atoms with Crippen molar-refractivity contribution in [2.75, 3.05) is 11.1 Å².